The van der Waals surface area contributed by atoms with Crippen LogP contribution in [0.2, 0.25) is 0 Å². The molecular weight excluding hydrogens is 176 g/mol. The SMILES string of the molecule is Cc1cnc(C(C(C)C)C(C)O)nc1. The van der Waals surface area contributed by atoms with Gasteiger partial charge < -0.3 is 5.11 Å². The molecule has 1 heterocycles. The summed E-state index contributed by atoms with van der Waals surface area (Å²) in [5, 5.41) is 9.63. The summed E-state index contributed by atoms with van der Waals surface area (Å²) in [6.07, 6.45) is 3.18. The van der Waals surface area contributed by atoms with Crippen molar-refractivity contribution in [3.8, 4) is 0 Å². The number of aliphatic hydroxyl groups excluding tert-OH is 1. The molecule has 2 unspecified atom stereocenters. The molecule has 0 aromatic carbocycles. The molecule has 0 aliphatic rings. The predicted octanol–water partition coefficient (Wildman–Crippen LogP) is 1.91. The van der Waals surface area contributed by atoms with Crippen molar-refractivity contribution in [2.24, 2.45) is 5.92 Å². The minimum atomic E-state index is -0.405. The van der Waals surface area contributed by atoms with Gasteiger partial charge in [-0.3, -0.25) is 0 Å². The molecule has 0 amide bonds. The molecule has 1 rings (SSSR count). The van der Waals surface area contributed by atoms with Crippen molar-refractivity contribution in [2.75, 3.05) is 0 Å². The Balaban J connectivity index is 2.94. The fourth-order valence-electron chi connectivity index (χ4n) is 1.65. The van der Waals surface area contributed by atoms with E-state index in [9.17, 15) is 5.11 Å². The van der Waals surface area contributed by atoms with Crippen molar-refractivity contribution in [2.45, 2.75) is 39.7 Å². The van der Waals surface area contributed by atoms with Crippen molar-refractivity contribution >= 4 is 0 Å². The van der Waals surface area contributed by atoms with Gasteiger partial charge in [0.25, 0.3) is 0 Å². The average Bonchev–Trinajstić information content (AvgIpc) is 2.07. The fraction of sp³-hybridized carbons (Fsp3) is 0.636. The summed E-state index contributed by atoms with van der Waals surface area (Å²) in [5.41, 5.74) is 1.04. The van der Waals surface area contributed by atoms with Gasteiger partial charge in [0.05, 0.1) is 6.10 Å². The molecule has 1 aromatic rings. The summed E-state index contributed by atoms with van der Waals surface area (Å²) in [6.45, 7) is 7.88. The molecule has 14 heavy (non-hydrogen) atoms. The van der Waals surface area contributed by atoms with Crippen LogP contribution in [-0.4, -0.2) is 21.2 Å². The topological polar surface area (TPSA) is 46.0 Å². The smallest absolute Gasteiger partial charge is 0.134 e. The lowest BCUT2D eigenvalue weighted by Crippen LogP contribution is -2.22. The number of rotatable bonds is 3. The lowest BCUT2D eigenvalue weighted by Gasteiger charge is -2.21. The molecule has 1 aromatic heterocycles. The molecule has 0 radical (unpaired) electrons. The van der Waals surface area contributed by atoms with E-state index in [1.54, 1.807) is 19.3 Å². The van der Waals surface area contributed by atoms with E-state index in [2.05, 4.69) is 23.8 Å². The van der Waals surface area contributed by atoms with E-state index in [0.29, 0.717) is 5.92 Å². The summed E-state index contributed by atoms with van der Waals surface area (Å²) in [6, 6.07) is 0. The first-order valence-electron chi connectivity index (χ1n) is 4.99. The van der Waals surface area contributed by atoms with E-state index in [0.717, 1.165) is 11.4 Å². The Bertz CT molecular complexity index is 272. The third kappa shape index (κ3) is 2.51. The molecule has 0 fully saturated rings. The van der Waals surface area contributed by atoms with Crippen LogP contribution in [-0.2, 0) is 0 Å². The van der Waals surface area contributed by atoms with Gasteiger partial charge in [0, 0.05) is 18.3 Å². The zero-order valence-corrected chi connectivity index (χ0v) is 9.23. The number of hydrogen-bond donors (Lipinski definition) is 1. The highest BCUT2D eigenvalue weighted by molar-refractivity contribution is 5.06. The molecular formula is C11H18N2O. The van der Waals surface area contributed by atoms with Gasteiger partial charge in [-0.2, -0.15) is 0 Å². The molecule has 0 saturated heterocycles. The molecule has 0 spiro atoms. The summed E-state index contributed by atoms with van der Waals surface area (Å²) >= 11 is 0. The second-order valence-electron chi connectivity index (χ2n) is 4.13. The molecule has 1 N–H and O–H groups in total. The molecule has 78 valence electrons. The Morgan fingerprint density at radius 1 is 1.14 bits per heavy atom. The first-order valence-corrected chi connectivity index (χ1v) is 4.99. The fourth-order valence-corrected chi connectivity index (χ4v) is 1.65. The Hall–Kier alpha value is -0.960. The van der Waals surface area contributed by atoms with Crippen molar-refractivity contribution in [1.82, 2.24) is 9.97 Å². The Labute approximate surface area is 85.2 Å². The summed E-state index contributed by atoms with van der Waals surface area (Å²) in [5.74, 6) is 1.11. The Kier molecular flexibility index (Phi) is 3.58. The molecule has 3 heteroatoms. The minimum absolute atomic E-state index is 0.0237. The largest absolute Gasteiger partial charge is 0.393 e. The highest BCUT2D eigenvalue weighted by Crippen LogP contribution is 2.24. The van der Waals surface area contributed by atoms with Crippen LogP contribution in [0.4, 0.5) is 0 Å². The van der Waals surface area contributed by atoms with Crippen molar-refractivity contribution < 1.29 is 5.11 Å². The second kappa shape index (κ2) is 4.51. The molecule has 0 aliphatic heterocycles. The molecule has 0 aliphatic carbocycles. The van der Waals surface area contributed by atoms with Crippen LogP contribution in [0.25, 0.3) is 0 Å². The van der Waals surface area contributed by atoms with Crippen LogP contribution in [0.3, 0.4) is 0 Å². The minimum Gasteiger partial charge on any atom is -0.393 e. The van der Waals surface area contributed by atoms with Crippen molar-refractivity contribution in [1.29, 1.82) is 0 Å². The summed E-state index contributed by atoms with van der Waals surface area (Å²) in [7, 11) is 0. The van der Waals surface area contributed by atoms with Crippen molar-refractivity contribution in [3.63, 3.8) is 0 Å². The first-order chi connectivity index (χ1) is 6.52. The standard InChI is InChI=1S/C11H18N2O/c1-7(2)10(9(4)14)11-12-5-8(3)6-13-11/h5-7,9-10,14H,1-4H3. The number of aromatic nitrogens is 2. The second-order valence-corrected chi connectivity index (χ2v) is 4.13. The summed E-state index contributed by atoms with van der Waals surface area (Å²) < 4.78 is 0. The van der Waals surface area contributed by atoms with Gasteiger partial charge in [0.1, 0.15) is 5.82 Å². The van der Waals surface area contributed by atoms with E-state index < -0.39 is 6.10 Å². The first kappa shape index (κ1) is 11.1. The van der Waals surface area contributed by atoms with E-state index in [1.807, 2.05) is 6.92 Å². The van der Waals surface area contributed by atoms with Gasteiger partial charge in [-0.25, -0.2) is 9.97 Å². The van der Waals surface area contributed by atoms with E-state index >= 15 is 0 Å². The maximum Gasteiger partial charge on any atom is 0.134 e. The van der Waals surface area contributed by atoms with Gasteiger partial charge in [-0.05, 0) is 25.3 Å². The van der Waals surface area contributed by atoms with E-state index in [1.165, 1.54) is 0 Å². The zero-order valence-electron chi connectivity index (χ0n) is 9.23. The van der Waals surface area contributed by atoms with Crippen LogP contribution in [0.5, 0.6) is 0 Å². The zero-order chi connectivity index (χ0) is 10.7. The maximum atomic E-state index is 9.63. The van der Waals surface area contributed by atoms with Gasteiger partial charge >= 0.3 is 0 Å². The molecule has 2 atom stereocenters. The summed E-state index contributed by atoms with van der Waals surface area (Å²) in [4.78, 5) is 8.50. The van der Waals surface area contributed by atoms with Crippen LogP contribution in [0.1, 0.15) is 38.1 Å². The average molecular weight is 194 g/mol. The van der Waals surface area contributed by atoms with Crippen LogP contribution in [0, 0.1) is 12.8 Å². The number of aryl methyl sites for hydroxylation is 1. The highest BCUT2D eigenvalue weighted by atomic mass is 16.3. The number of aliphatic hydroxyl groups is 1. The van der Waals surface area contributed by atoms with E-state index in [-0.39, 0.29) is 5.92 Å². The predicted molar refractivity (Wildman–Crippen MR) is 56.0 cm³/mol. The molecule has 0 saturated carbocycles. The monoisotopic (exact) mass is 194 g/mol. The third-order valence-corrected chi connectivity index (χ3v) is 2.34. The van der Waals surface area contributed by atoms with Gasteiger partial charge in [0.2, 0.25) is 0 Å². The van der Waals surface area contributed by atoms with E-state index in [4.69, 9.17) is 0 Å². The highest BCUT2D eigenvalue weighted by Gasteiger charge is 2.23. The Morgan fingerprint density at radius 2 is 1.64 bits per heavy atom. The van der Waals surface area contributed by atoms with Gasteiger partial charge in [-0.15, -0.1) is 0 Å². The van der Waals surface area contributed by atoms with Gasteiger partial charge in [0.15, 0.2) is 0 Å². The normalized spacial score (nSPS) is 15.6. The van der Waals surface area contributed by atoms with Crippen molar-refractivity contribution in [3.05, 3.63) is 23.8 Å². The van der Waals surface area contributed by atoms with Gasteiger partial charge in [-0.1, -0.05) is 13.8 Å². The van der Waals surface area contributed by atoms with Crippen LogP contribution in [0.15, 0.2) is 12.4 Å². The maximum absolute atomic E-state index is 9.63. The molecule has 3 nitrogen and oxygen atoms in total. The number of hydrogen-bond acceptors (Lipinski definition) is 3. The lowest BCUT2D eigenvalue weighted by atomic mass is 9.90. The van der Waals surface area contributed by atoms with Crippen LogP contribution >= 0.6 is 0 Å². The number of nitrogens with zero attached hydrogens (tertiary/aromatic N) is 2. The third-order valence-electron chi connectivity index (χ3n) is 2.34. The lowest BCUT2D eigenvalue weighted by molar-refractivity contribution is 0.136. The quantitative estimate of drug-likeness (QED) is 0.799. The Morgan fingerprint density at radius 3 is 2.00 bits per heavy atom. The molecule has 0 bridgehead atoms. The van der Waals surface area contributed by atoms with Crippen LogP contribution < -0.4 is 0 Å².